The van der Waals surface area contributed by atoms with Crippen LogP contribution in [0.5, 0.6) is 0 Å². The van der Waals surface area contributed by atoms with Gasteiger partial charge in [-0.25, -0.2) is 4.52 Å². The largest absolute Gasteiger partial charge is 0.481 e. The molecule has 3 heterocycles. The molecule has 0 saturated carbocycles. The quantitative estimate of drug-likeness (QED) is 0.752. The van der Waals surface area contributed by atoms with Crippen LogP contribution in [0.25, 0.3) is 16.3 Å². The Bertz CT molecular complexity index is 711. The monoisotopic (exact) mass is 262 g/mol. The van der Waals surface area contributed by atoms with Gasteiger partial charge in [0.05, 0.1) is 12.1 Å². The SMILES string of the molecule is Cc1c(CC(=O)O)sc2nc(-c3cc[nH]c3)nn12. The summed E-state index contributed by atoms with van der Waals surface area (Å²) in [6, 6.07) is 1.90. The highest BCUT2D eigenvalue weighted by atomic mass is 32.1. The molecule has 0 amide bonds. The highest BCUT2D eigenvalue weighted by Crippen LogP contribution is 2.24. The van der Waals surface area contributed by atoms with Crippen LogP contribution in [0.4, 0.5) is 0 Å². The van der Waals surface area contributed by atoms with E-state index in [1.807, 2.05) is 25.4 Å². The molecule has 3 aromatic heterocycles. The van der Waals surface area contributed by atoms with Gasteiger partial charge in [-0.05, 0) is 13.0 Å². The van der Waals surface area contributed by atoms with Gasteiger partial charge in [0.2, 0.25) is 4.96 Å². The van der Waals surface area contributed by atoms with E-state index in [0.717, 1.165) is 21.1 Å². The molecule has 3 rings (SSSR count). The number of fused-ring (bicyclic) bond motifs is 1. The van der Waals surface area contributed by atoms with Crippen molar-refractivity contribution < 1.29 is 9.90 Å². The molecule has 3 aromatic rings. The fourth-order valence-corrected chi connectivity index (χ4v) is 2.82. The van der Waals surface area contributed by atoms with E-state index in [0.29, 0.717) is 5.82 Å². The van der Waals surface area contributed by atoms with Crippen LogP contribution in [0.3, 0.4) is 0 Å². The zero-order valence-corrected chi connectivity index (χ0v) is 10.4. The number of aromatic amines is 1. The van der Waals surface area contributed by atoms with E-state index in [1.165, 1.54) is 11.3 Å². The minimum absolute atomic E-state index is 0.0149. The zero-order valence-electron chi connectivity index (χ0n) is 9.54. The van der Waals surface area contributed by atoms with Crippen LogP contribution in [0.1, 0.15) is 10.6 Å². The first kappa shape index (κ1) is 11.0. The van der Waals surface area contributed by atoms with Gasteiger partial charge in [0.25, 0.3) is 0 Å². The van der Waals surface area contributed by atoms with E-state index in [2.05, 4.69) is 15.1 Å². The lowest BCUT2D eigenvalue weighted by Gasteiger charge is -1.93. The van der Waals surface area contributed by atoms with Crippen LogP contribution in [-0.4, -0.2) is 30.7 Å². The summed E-state index contributed by atoms with van der Waals surface area (Å²) in [7, 11) is 0. The smallest absolute Gasteiger partial charge is 0.308 e. The molecule has 2 N–H and O–H groups in total. The summed E-state index contributed by atoms with van der Waals surface area (Å²) in [6.07, 6.45) is 3.65. The van der Waals surface area contributed by atoms with Gasteiger partial charge in [-0.15, -0.1) is 5.10 Å². The third-order valence-electron chi connectivity index (χ3n) is 2.68. The Hall–Kier alpha value is -2.15. The van der Waals surface area contributed by atoms with Crippen LogP contribution >= 0.6 is 11.3 Å². The molecule has 0 aliphatic heterocycles. The minimum Gasteiger partial charge on any atom is -0.481 e. The van der Waals surface area contributed by atoms with Crippen LogP contribution in [0, 0.1) is 6.92 Å². The maximum Gasteiger partial charge on any atom is 0.308 e. The van der Waals surface area contributed by atoms with E-state index >= 15 is 0 Å². The van der Waals surface area contributed by atoms with Gasteiger partial charge in [-0.1, -0.05) is 11.3 Å². The number of rotatable bonds is 3. The van der Waals surface area contributed by atoms with Crippen molar-refractivity contribution >= 4 is 22.3 Å². The van der Waals surface area contributed by atoms with Gasteiger partial charge >= 0.3 is 5.97 Å². The van der Waals surface area contributed by atoms with Crippen molar-refractivity contribution in [3.05, 3.63) is 29.0 Å². The third-order valence-corrected chi connectivity index (χ3v) is 3.81. The summed E-state index contributed by atoms with van der Waals surface area (Å²) in [5.74, 6) is -0.194. The molecular formula is C11H10N4O2S. The third kappa shape index (κ3) is 1.68. The maximum atomic E-state index is 10.7. The molecule has 0 radical (unpaired) electrons. The zero-order chi connectivity index (χ0) is 12.7. The highest BCUT2D eigenvalue weighted by molar-refractivity contribution is 7.17. The normalized spacial score (nSPS) is 11.2. The number of carboxylic acid groups (broad SMARTS) is 1. The molecule has 0 aromatic carbocycles. The van der Waals surface area contributed by atoms with Crippen molar-refractivity contribution in [3.63, 3.8) is 0 Å². The van der Waals surface area contributed by atoms with Crippen molar-refractivity contribution in [1.29, 1.82) is 0 Å². The van der Waals surface area contributed by atoms with E-state index in [4.69, 9.17) is 5.11 Å². The number of hydrogen-bond acceptors (Lipinski definition) is 4. The number of carboxylic acids is 1. The molecule has 0 spiro atoms. The number of nitrogens with zero attached hydrogens (tertiary/aromatic N) is 3. The molecule has 0 bridgehead atoms. The molecule has 18 heavy (non-hydrogen) atoms. The summed E-state index contributed by atoms with van der Waals surface area (Å²) in [6.45, 7) is 1.86. The summed E-state index contributed by atoms with van der Waals surface area (Å²) < 4.78 is 1.70. The maximum absolute atomic E-state index is 10.7. The summed E-state index contributed by atoms with van der Waals surface area (Å²) in [4.78, 5) is 19.6. The Balaban J connectivity index is 2.07. The molecule has 0 aliphatic carbocycles. The van der Waals surface area contributed by atoms with E-state index in [-0.39, 0.29) is 6.42 Å². The van der Waals surface area contributed by atoms with Crippen LogP contribution in [0.15, 0.2) is 18.5 Å². The van der Waals surface area contributed by atoms with Gasteiger partial charge in [-0.3, -0.25) is 4.79 Å². The minimum atomic E-state index is -0.839. The van der Waals surface area contributed by atoms with Crippen molar-refractivity contribution in [2.45, 2.75) is 13.3 Å². The Labute approximate surface area is 106 Å². The fraction of sp³-hybridized carbons (Fsp3) is 0.182. The first-order valence-electron chi connectivity index (χ1n) is 5.35. The number of carbonyl (C=O) groups is 1. The number of H-pyrrole nitrogens is 1. The molecule has 0 saturated heterocycles. The predicted octanol–water partition coefficient (Wildman–Crippen LogP) is 1.72. The Morgan fingerprint density at radius 2 is 2.44 bits per heavy atom. The van der Waals surface area contributed by atoms with Gasteiger partial charge in [0, 0.05) is 22.8 Å². The number of aromatic nitrogens is 4. The molecule has 0 aliphatic rings. The van der Waals surface area contributed by atoms with E-state index in [9.17, 15) is 4.79 Å². The van der Waals surface area contributed by atoms with Gasteiger partial charge < -0.3 is 10.1 Å². The van der Waals surface area contributed by atoms with E-state index < -0.39 is 5.97 Å². The lowest BCUT2D eigenvalue weighted by molar-refractivity contribution is -0.136. The standard InChI is InChI=1S/C11H10N4O2S/c1-6-8(4-9(16)17)18-11-13-10(14-15(6)11)7-2-3-12-5-7/h2-3,5,12H,4H2,1H3,(H,16,17). The lowest BCUT2D eigenvalue weighted by Crippen LogP contribution is -2.00. The van der Waals surface area contributed by atoms with Crippen LogP contribution < -0.4 is 0 Å². The van der Waals surface area contributed by atoms with Crippen LogP contribution in [0.2, 0.25) is 0 Å². The predicted molar refractivity (Wildman–Crippen MR) is 66.7 cm³/mol. The number of hydrogen-bond donors (Lipinski definition) is 2. The molecular weight excluding hydrogens is 252 g/mol. The molecule has 92 valence electrons. The number of aliphatic carboxylic acids is 1. The summed E-state index contributed by atoms with van der Waals surface area (Å²) in [5, 5.41) is 13.2. The summed E-state index contributed by atoms with van der Waals surface area (Å²) >= 11 is 1.37. The summed E-state index contributed by atoms with van der Waals surface area (Å²) in [5.41, 5.74) is 1.76. The van der Waals surface area contributed by atoms with E-state index in [1.54, 1.807) is 4.52 Å². The molecule has 7 heteroatoms. The second-order valence-corrected chi connectivity index (χ2v) is 4.97. The average molecular weight is 262 g/mol. The second kappa shape index (κ2) is 3.95. The first-order chi connectivity index (χ1) is 8.65. The van der Waals surface area contributed by atoms with Crippen molar-refractivity contribution in [3.8, 4) is 11.4 Å². The Kier molecular flexibility index (Phi) is 2.41. The number of nitrogens with one attached hydrogen (secondary N) is 1. The fourth-order valence-electron chi connectivity index (χ4n) is 1.77. The van der Waals surface area contributed by atoms with Crippen molar-refractivity contribution in [1.82, 2.24) is 19.6 Å². The van der Waals surface area contributed by atoms with Crippen LogP contribution in [-0.2, 0) is 11.2 Å². The van der Waals surface area contributed by atoms with Crippen molar-refractivity contribution in [2.24, 2.45) is 0 Å². The molecule has 0 fully saturated rings. The molecule has 0 atom stereocenters. The highest BCUT2D eigenvalue weighted by Gasteiger charge is 2.15. The molecule has 6 nitrogen and oxygen atoms in total. The second-order valence-electron chi connectivity index (χ2n) is 3.91. The number of thiazole rings is 1. The molecule has 0 unspecified atom stereocenters. The Morgan fingerprint density at radius 3 is 3.06 bits per heavy atom. The van der Waals surface area contributed by atoms with Crippen molar-refractivity contribution in [2.75, 3.05) is 0 Å². The van der Waals surface area contributed by atoms with Gasteiger partial charge in [-0.2, -0.15) is 4.98 Å². The lowest BCUT2D eigenvalue weighted by atomic mass is 10.3. The number of aryl methyl sites for hydroxylation is 1. The topological polar surface area (TPSA) is 83.3 Å². The van der Waals surface area contributed by atoms with Gasteiger partial charge in [0.15, 0.2) is 5.82 Å². The average Bonchev–Trinajstić information content (AvgIpc) is 2.97. The Morgan fingerprint density at radius 1 is 1.61 bits per heavy atom. The van der Waals surface area contributed by atoms with Gasteiger partial charge in [0.1, 0.15) is 0 Å². The first-order valence-corrected chi connectivity index (χ1v) is 6.17.